The third-order valence-electron chi connectivity index (χ3n) is 3.86. The summed E-state index contributed by atoms with van der Waals surface area (Å²) in [6.45, 7) is 9.66. The zero-order valence-electron chi connectivity index (χ0n) is 13.5. The SMILES string of the molecule is CCc1cc(NC2CCN(C(=O)C(C)(C)C)CC2)ncn1. The standard InChI is InChI=1S/C16H26N4O/c1-5-12-10-14(18-11-17-12)19-13-6-8-20(9-7-13)15(21)16(2,3)4/h10-11,13H,5-9H2,1-4H3,(H,17,18,19). The zero-order chi connectivity index (χ0) is 15.5. The lowest BCUT2D eigenvalue weighted by Gasteiger charge is -2.36. The van der Waals surface area contributed by atoms with E-state index in [9.17, 15) is 4.79 Å². The van der Waals surface area contributed by atoms with Gasteiger partial charge in [0.25, 0.3) is 0 Å². The number of nitrogens with zero attached hydrogens (tertiary/aromatic N) is 3. The summed E-state index contributed by atoms with van der Waals surface area (Å²) in [5.74, 6) is 1.14. The number of likely N-dealkylation sites (tertiary alicyclic amines) is 1. The van der Waals surface area contributed by atoms with Crippen LogP contribution < -0.4 is 5.32 Å². The van der Waals surface area contributed by atoms with E-state index in [0.29, 0.717) is 6.04 Å². The first-order chi connectivity index (χ1) is 9.90. The Morgan fingerprint density at radius 1 is 1.33 bits per heavy atom. The summed E-state index contributed by atoms with van der Waals surface area (Å²) in [4.78, 5) is 22.7. The molecular weight excluding hydrogens is 264 g/mol. The van der Waals surface area contributed by atoms with Crippen molar-refractivity contribution in [3.63, 3.8) is 0 Å². The van der Waals surface area contributed by atoms with E-state index >= 15 is 0 Å². The van der Waals surface area contributed by atoms with Crippen molar-refractivity contribution in [1.82, 2.24) is 14.9 Å². The second-order valence-electron chi connectivity index (χ2n) is 6.71. The molecule has 0 radical (unpaired) electrons. The molecule has 0 aromatic carbocycles. The fourth-order valence-corrected chi connectivity index (χ4v) is 2.58. The number of carbonyl (C=O) groups excluding carboxylic acids is 1. The number of carbonyl (C=O) groups is 1. The molecule has 1 aromatic heterocycles. The Bertz CT molecular complexity index is 487. The van der Waals surface area contributed by atoms with Gasteiger partial charge in [-0.05, 0) is 19.3 Å². The summed E-state index contributed by atoms with van der Waals surface area (Å²) < 4.78 is 0. The Labute approximate surface area is 127 Å². The highest BCUT2D eigenvalue weighted by atomic mass is 16.2. The molecule has 0 aliphatic carbocycles. The van der Waals surface area contributed by atoms with Crippen LogP contribution in [0.3, 0.4) is 0 Å². The van der Waals surface area contributed by atoms with E-state index in [2.05, 4.69) is 22.2 Å². The summed E-state index contributed by atoms with van der Waals surface area (Å²) in [6, 6.07) is 2.39. The van der Waals surface area contributed by atoms with Crippen molar-refractivity contribution in [3.05, 3.63) is 18.1 Å². The van der Waals surface area contributed by atoms with Crippen molar-refractivity contribution in [3.8, 4) is 0 Å². The van der Waals surface area contributed by atoms with Gasteiger partial charge >= 0.3 is 0 Å². The number of aromatic nitrogens is 2. The number of aryl methyl sites for hydroxylation is 1. The molecule has 1 aliphatic heterocycles. The highest BCUT2D eigenvalue weighted by molar-refractivity contribution is 5.81. The fourth-order valence-electron chi connectivity index (χ4n) is 2.58. The van der Waals surface area contributed by atoms with Crippen molar-refractivity contribution >= 4 is 11.7 Å². The van der Waals surface area contributed by atoms with Crippen molar-refractivity contribution in [2.45, 2.75) is 53.0 Å². The molecule has 0 spiro atoms. The summed E-state index contributed by atoms with van der Waals surface area (Å²) in [6.07, 6.45) is 4.45. The molecule has 1 aliphatic rings. The van der Waals surface area contributed by atoms with Crippen LogP contribution in [0.1, 0.15) is 46.2 Å². The van der Waals surface area contributed by atoms with Crippen LogP contribution in [0, 0.1) is 5.41 Å². The molecule has 0 unspecified atom stereocenters. The van der Waals surface area contributed by atoms with Crippen molar-refractivity contribution < 1.29 is 4.79 Å². The Balaban J connectivity index is 1.88. The van der Waals surface area contributed by atoms with Gasteiger partial charge in [-0.15, -0.1) is 0 Å². The Kier molecular flexibility index (Phi) is 4.80. The maximum absolute atomic E-state index is 12.3. The van der Waals surface area contributed by atoms with Crippen molar-refractivity contribution in [1.29, 1.82) is 0 Å². The molecule has 1 aromatic rings. The van der Waals surface area contributed by atoms with Gasteiger partial charge in [0.2, 0.25) is 5.91 Å². The van der Waals surface area contributed by atoms with Crippen LogP contribution in [0.2, 0.25) is 0 Å². The summed E-state index contributed by atoms with van der Waals surface area (Å²) in [7, 11) is 0. The normalized spacial score (nSPS) is 16.9. The lowest BCUT2D eigenvalue weighted by atomic mass is 9.93. The molecule has 0 saturated carbocycles. The van der Waals surface area contributed by atoms with Crippen LogP contribution in [0.5, 0.6) is 0 Å². The van der Waals surface area contributed by atoms with Gasteiger partial charge in [0.1, 0.15) is 12.1 Å². The number of nitrogens with one attached hydrogen (secondary N) is 1. The van der Waals surface area contributed by atoms with Gasteiger partial charge in [-0.1, -0.05) is 27.7 Å². The molecule has 2 rings (SSSR count). The van der Waals surface area contributed by atoms with Crippen LogP contribution in [0.25, 0.3) is 0 Å². The molecule has 1 N–H and O–H groups in total. The predicted octanol–water partition coefficient (Wildman–Crippen LogP) is 2.49. The van der Waals surface area contributed by atoms with Crippen LogP contribution in [0.4, 0.5) is 5.82 Å². The number of hydrogen-bond acceptors (Lipinski definition) is 4. The molecule has 0 bridgehead atoms. The number of amides is 1. The Hall–Kier alpha value is -1.65. The first kappa shape index (κ1) is 15.7. The van der Waals surface area contributed by atoms with E-state index in [1.807, 2.05) is 31.7 Å². The van der Waals surface area contributed by atoms with Gasteiger partial charge in [-0.2, -0.15) is 0 Å². The Morgan fingerprint density at radius 2 is 2.00 bits per heavy atom. The Morgan fingerprint density at radius 3 is 2.57 bits per heavy atom. The molecule has 116 valence electrons. The van der Waals surface area contributed by atoms with E-state index in [4.69, 9.17) is 0 Å². The van der Waals surface area contributed by atoms with E-state index in [1.165, 1.54) is 0 Å². The first-order valence-corrected chi connectivity index (χ1v) is 7.77. The summed E-state index contributed by atoms with van der Waals surface area (Å²) >= 11 is 0. The molecule has 21 heavy (non-hydrogen) atoms. The van der Waals surface area contributed by atoms with E-state index in [0.717, 1.165) is 43.9 Å². The van der Waals surface area contributed by atoms with Crippen molar-refractivity contribution in [2.24, 2.45) is 5.41 Å². The van der Waals surface area contributed by atoms with Gasteiger partial charge in [0.15, 0.2) is 0 Å². The third kappa shape index (κ3) is 4.16. The van der Waals surface area contributed by atoms with E-state index in [1.54, 1.807) is 6.33 Å². The summed E-state index contributed by atoms with van der Waals surface area (Å²) in [5.41, 5.74) is 0.760. The summed E-state index contributed by atoms with van der Waals surface area (Å²) in [5, 5.41) is 3.46. The second kappa shape index (κ2) is 6.41. The van der Waals surface area contributed by atoms with Crippen LogP contribution in [-0.2, 0) is 11.2 Å². The minimum absolute atomic E-state index is 0.247. The molecule has 1 amide bonds. The fraction of sp³-hybridized carbons (Fsp3) is 0.688. The average molecular weight is 290 g/mol. The minimum Gasteiger partial charge on any atom is -0.367 e. The van der Waals surface area contributed by atoms with Crippen LogP contribution >= 0.6 is 0 Å². The third-order valence-corrected chi connectivity index (χ3v) is 3.86. The van der Waals surface area contributed by atoms with Gasteiger partial charge in [0.05, 0.1) is 0 Å². The molecule has 1 fully saturated rings. The van der Waals surface area contributed by atoms with Gasteiger partial charge in [-0.3, -0.25) is 4.79 Å². The quantitative estimate of drug-likeness (QED) is 0.929. The highest BCUT2D eigenvalue weighted by Crippen LogP contribution is 2.22. The smallest absolute Gasteiger partial charge is 0.227 e. The van der Waals surface area contributed by atoms with Gasteiger partial charge in [-0.25, -0.2) is 9.97 Å². The maximum Gasteiger partial charge on any atom is 0.227 e. The topological polar surface area (TPSA) is 58.1 Å². The van der Waals surface area contributed by atoms with Gasteiger partial charge in [0, 0.05) is 36.3 Å². The number of rotatable bonds is 3. The zero-order valence-corrected chi connectivity index (χ0v) is 13.5. The molecule has 1 saturated heterocycles. The van der Waals surface area contributed by atoms with E-state index < -0.39 is 0 Å². The number of hydrogen-bond donors (Lipinski definition) is 1. The van der Waals surface area contributed by atoms with E-state index in [-0.39, 0.29) is 11.3 Å². The first-order valence-electron chi connectivity index (χ1n) is 7.77. The molecular formula is C16H26N4O. The molecule has 0 atom stereocenters. The number of anilines is 1. The lowest BCUT2D eigenvalue weighted by Crippen LogP contribution is -2.46. The maximum atomic E-state index is 12.3. The number of piperidine rings is 1. The average Bonchev–Trinajstić information content (AvgIpc) is 2.46. The molecule has 5 nitrogen and oxygen atoms in total. The monoisotopic (exact) mass is 290 g/mol. The molecule has 5 heteroatoms. The molecule has 2 heterocycles. The van der Waals surface area contributed by atoms with Gasteiger partial charge < -0.3 is 10.2 Å². The largest absolute Gasteiger partial charge is 0.367 e. The van der Waals surface area contributed by atoms with Crippen molar-refractivity contribution in [2.75, 3.05) is 18.4 Å². The second-order valence-corrected chi connectivity index (χ2v) is 6.71. The van der Waals surface area contributed by atoms with Crippen LogP contribution in [-0.4, -0.2) is 39.9 Å². The minimum atomic E-state index is -0.289. The van der Waals surface area contributed by atoms with Crippen LogP contribution in [0.15, 0.2) is 12.4 Å². The predicted molar refractivity (Wildman–Crippen MR) is 84.1 cm³/mol. The lowest BCUT2D eigenvalue weighted by molar-refractivity contribution is -0.140. The highest BCUT2D eigenvalue weighted by Gasteiger charge is 2.30.